The van der Waals surface area contributed by atoms with Crippen molar-refractivity contribution in [3.8, 4) is 0 Å². The third kappa shape index (κ3) is 1.83. The number of rotatable bonds is 1. The van der Waals surface area contributed by atoms with E-state index >= 15 is 0 Å². The van der Waals surface area contributed by atoms with Crippen molar-refractivity contribution < 1.29 is 9.59 Å². The molecule has 5 heteroatoms. The van der Waals surface area contributed by atoms with E-state index in [1.807, 2.05) is 42.5 Å². The summed E-state index contributed by atoms with van der Waals surface area (Å²) in [7, 11) is 0. The van der Waals surface area contributed by atoms with E-state index in [9.17, 15) is 9.59 Å². The van der Waals surface area contributed by atoms with E-state index in [1.165, 1.54) is 4.90 Å². The zero-order valence-electron chi connectivity index (χ0n) is 12.7. The van der Waals surface area contributed by atoms with Crippen molar-refractivity contribution in [1.29, 1.82) is 0 Å². The van der Waals surface area contributed by atoms with Crippen molar-refractivity contribution in [2.45, 2.75) is 16.1 Å². The molecular weight excluding hydrogens is 434 g/mol. The zero-order chi connectivity index (χ0) is 16.6. The highest BCUT2D eigenvalue weighted by Gasteiger charge is 2.66. The Morgan fingerprint density at radius 2 is 1.42 bits per heavy atom. The highest BCUT2D eigenvalue weighted by atomic mass is 79.9. The summed E-state index contributed by atoms with van der Waals surface area (Å²) in [6.45, 7) is 0. The number of fused-ring (bicyclic) bond motifs is 6. The molecule has 3 fully saturated rings. The standard InChI is InChI=1S/C19H15Br2NO2/c20-16-12-8-13(17(16)21)15-14(12)18(23)22(19(15)24)11-6-5-9-3-1-2-4-10(9)7-11/h1-7,12-17H,8H2/t12-,13-,14+,15+,16-,17-/m1/s1. The normalized spacial score (nSPS) is 37.5. The van der Waals surface area contributed by atoms with Crippen LogP contribution in [0.1, 0.15) is 6.42 Å². The Morgan fingerprint density at radius 3 is 2.04 bits per heavy atom. The van der Waals surface area contributed by atoms with E-state index in [-0.39, 0.29) is 45.1 Å². The lowest BCUT2D eigenvalue weighted by molar-refractivity contribution is -0.123. The predicted molar refractivity (Wildman–Crippen MR) is 100 cm³/mol. The monoisotopic (exact) mass is 447 g/mol. The number of nitrogens with zero attached hydrogens (tertiary/aromatic N) is 1. The summed E-state index contributed by atoms with van der Waals surface area (Å²) < 4.78 is 0. The molecule has 2 aromatic rings. The summed E-state index contributed by atoms with van der Waals surface area (Å²) in [6, 6.07) is 13.8. The van der Waals surface area contributed by atoms with Crippen LogP contribution in [0.2, 0.25) is 0 Å². The van der Waals surface area contributed by atoms with Crippen LogP contribution in [0.4, 0.5) is 5.69 Å². The second-order valence-electron chi connectivity index (χ2n) is 7.05. The molecule has 2 bridgehead atoms. The summed E-state index contributed by atoms with van der Waals surface area (Å²) in [6.07, 6.45) is 0.963. The van der Waals surface area contributed by atoms with Gasteiger partial charge in [0.15, 0.2) is 0 Å². The molecule has 0 N–H and O–H groups in total. The Balaban J connectivity index is 1.57. The molecule has 2 saturated carbocycles. The minimum atomic E-state index is -0.160. The molecule has 0 spiro atoms. The summed E-state index contributed by atoms with van der Waals surface area (Å²) >= 11 is 7.45. The van der Waals surface area contributed by atoms with Crippen LogP contribution in [-0.4, -0.2) is 21.5 Å². The summed E-state index contributed by atoms with van der Waals surface area (Å²) in [4.78, 5) is 28.1. The maximum atomic E-state index is 13.0. The van der Waals surface area contributed by atoms with E-state index in [1.54, 1.807) is 0 Å². The molecule has 24 heavy (non-hydrogen) atoms. The van der Waals surface area contributed by atoms with Gasteiger partial charge in [-0.15, -0.1) is 0 Å². The van der Waals surface area contributed by atoms with Crippen LogP contribution in [0, 0.1) is 23.7 Å². The summed E-state index contributed by atoms with van der Waals surface area (Å²) in [5.74, 6) is 0.158. The third-order valence-electron chi connectivity index (χ3n) is 5.98. The van der Waals surface area contributed by atoms with Gasteiger partial charge in [0, 0.05) is 9.65 Å². The first-order valence-electron chi connectivity index (χ1n) is 8.22. The molecule has 0 radical (unpaired) electrons. The molecule has 5 rings (SSSR count). The summed E-state index contributed by atoms with van der Waals surface area (Å²) in [5, 5.41) is 2.16. The second kappa shape index (κ2) is 5.15. The number of alkyl halides is 2. The average Bonchev–Trinajstić information content (AvgIpc) is 3.19. The SMILES string of the molecule is O=C1[C@H]2[C@H]3C[C@@H]([C@@H](Br)[C@@H]3Br)[C@@H]2C(=O)N1c1ccc2ccccc2c1. The fraction of sp³-hybridized carbons (Fsp3) is 0.368. The van der Waals surface area contributed by atoms with Crippen molar-refractivity contribution in [2.24, 2.45) is 23.7 Å². The van der Waals surface area contributed by atoms with Gasteiger partial charge in [0.1, 0.15) is 0 Å². The highest BCUT2D eigenvalue weighted by molar-refractivity contribution is 9.12. The number of amides is 2. The molecular formula is C19H15Br2NO2. The first kappa shape index (κ1) is 15.1. The molecule has 0 aromatic heterocycles. The van der Waals surface area contributed by atoms with Crippen LogP contribution in [-0.2, 0) is 9.59 Å². The van der Waals surface area contributed by atoms with Crippen LogP contribution < -0.4 is 4.90 Å². The first-order valence-corrected chi connectivity index (χ1v) is 10.1. The van der Waals surface area contributed by atoms with Gasteiger partial charge >= 0.3 is 0 Å². The molecule has 3 nitrogen and oxygen atoms in total. The highest BCUT2D eigenvalue weighted by Crippen LogP contribution is 2.60. The van der Waals surface area contributed by atoms with Crippen LogP contribution in [0.3, 0.4) is 0 Å². The molecule has 1 heterocycles. The Bertz CT molecular complexity index is 851. The van der Waals surface area contributed by atoms with Gasteiger partial charge in [-0.3, -0.25) is 14.5 Å². The molecule has 0 unspecified atom stereocenters. The largest absolute Gasteiger partial charge is 0.274 e. The Kier molecular flexibility index (Phi) is 3.24. The van der Waals surface area contributed by atoms with Crippen molar-refractivity contribution in [3.05, 3.63) is 42.5 Å². The van der Waals surface area contributed by atoms with Gasteiger partial charge in [0.05, 0.1) is 17.5 Å². The third-order valence-corrected chi connectivity index (χ3v) is 9.18. The Morgan fingerprint density at radius 1 is 0.833 bits per heavy atom. The van der Waals surface area contributed by atoms with Crippen molar-refractivity contribution in [2.75, 3.05) is 4.90 Å². The number of imide groups is 1. The van der Waals surface area contributed by atoms with Gasteiger partial charge in [-0.2, -0.15) is 0 Å². The zero-order valence-corrected chi connectivity index (χ0v) is 15.9. The fourth-order valence-corrected chi connectivity index (χ4v) is 6.79. The number of carbonyl (C=O) groups excluding carboxylic acids is 2. The molecule has 1 saturated heterocycles. The van der Waals surface area contributed by atoms with E-state index in [0.29, 0.717) is 5.69 Å². The van der Waals surface area contributed by atoms with E-state index in [0.717, 1.165) is 17.2 Å². The van der Waals surface area contributed by atoms with Gasteiger partial charge < -0.3 is 0 Å². The van der Waals surface area contributed by atoms with Crippen molar-refractivity contribution >= 4 is 60.1 Å². The molecule has 2 amide bonds. The van der Waals surface area contributed by atoms with Gasteiger partial charge in [0.25, 0.3) is 0 Å². The van der Waals surface area contributed by atoms with Gasteiger partial charge in [0.2, 0.25) is 11.8 Å². The molecule has 1 aliphatic heterocycles. The lowest BCUT2D eigenvalue weighted by Crippen LogP contribution is -2.37. The molecule has 122 valence electrons. The van der Waals surface area contributed by atoms with Gasteiger partial charge in [-0.05, 0) is 41.2 Å². The maximum absolute atomic E-state index is 13.0. The number of hydrogen-bond donors (Lipinski definition) is 0. The lowest BCUT2D eigenvalue weighted by atomic mass is 9.81. The Hall–Kier alpha value is -1.20. The number of halogens is 2. The molecule has 2 aliphatic carbocycles. The number of carbonyl (C=O) groups is 2. The smallest absolute Gasteiger partial charge is 0.238 e. The first-order chi connectivity index (χ1) is 11.6. The summed E-state index contributed by atoms with van der Waals surface area (Å²) in [5.41, 5.74) is 0.703. The predicted octanol–water partition coefficient (Wildman–Crippen LogP) is 4.12. The quantitative estimate of drug-likeness (QED) is 0.486. The van der Waals surface area contributed by atoms with Crippen LogP contribution in [0.5, 0.6) is 0 Å². The number of anilines is 1. The van der Waals surface area contributed by atoms with Crippen LogP contribution in [0.15, 0.2) is 42.5 Å². The fourth-order valence-electron chi connectivity index (χ4n) is 4.92. The number of benzene rings is 2. The van der Waals surface area contributed by atoms with E-state index < -0.39 is 0 Å². The molecule has 6 atom stereocenters. The maximum Gasteiger partial charge on any atom is 0.238 e. The van der Waals surface area contributed by atoms with E-state index in [4.69, 9.17) is 0 Å². The molecule has 3 aliphatic rings. The average molecular weight is 449 g/mol. The van der Waals surface area contributed by atoms with Gasteiger partial charge in [-0.25, -0.2) is 0 Å². The van der Waals surface area contributed by atoms with Gasteiger partial charge in [-0.1, -0.05) is 62.2 Å². The molecule has 2 aromatic carbocycles. The topological polar surface area (TPSA) is 37.4 Å². The van der Waals surface area contributed by atoms with Crippen molar-refractivity contribution in [1.82, 2.24) is 0 Å². The van der Waals surface area contributed by atoms with Crippen molar-refractivity contribution in [3.63, 3.8) is 0 Å². The minimum Gasteiger partial charge on any atom is -0.274 e. The second-order valence-corrected chi connectivity index (χ2v) is 9.16. The van der Waals surface area contributed by atoms with Crippen LogP contribution >= 0.6 is 31.9 Å². The van der Waals surface area contributed by atoms with Crippen LogP contribution in [0.25, 0.3) is 10.8 Å². The number of hydrogen-bond acceptors (Lipinski definition) is 2. The lowest BCUT2D eigenvalue weighted by Gasteiger charge is -2.28. The van der Waals surface area contributed by atoms with E-state index in [2.05, 4.69) is 31.9 Å². The Labute approximate surface area is 156 Å². The minimum absolute atomic E-state index is 0.0170.